The molecule has 0 unspecified atom stereocenters. The molecule has 2 heterocycles. The first-order valence-corrected chi connectivity index (χ1v) is 10.6. The fraction of sp³-hybridized carbons (Fsp3) is 0.591. The zero-order chi connectivity index (χ0) is 19.4. The Bertz CT molecular complexity index is 734. The number of allylic oxidation sites excluding steroid dienone is 1. The number of carbonyl (C=O) groups excluding carboxylic acids is 2. The van der Waals surface area contributed by atoms with E-state index in [4.69, 9.17) is 0 Å². The minimum atomic E-state index is -0.798. The van der Waals surface area contributed by atoms with Gasteiger partial charge in [0.05, 0.1) is 0 Å². The Labute approximate surface area is 167 Å². The van der Waals surface area contributed by atoms with Crippen LogP contribution in [0.25, 0.3) is 0 Å². The number of nitrogens with zero attached hydrogens (tertiary/aromatic N) is 3. The number of piperazine rings is 1. The van der Waals surface area contributed by atoms with Crippen molar-refractivity contribution in [3.8, 4) is 0 Å². The van der Waals surface area contributed by atoms with Crippen molar-refractivity contribution in [1.29, 1.82) is 0 Å². The molecule has 0 aromatic carbocycles. The molecule has 0 radical (unpaired) electrons. The lowest BCUT2D eigenvalue weighted by Crippen LogP contribution is -2.53. The van der Waals surface area contributed by atoms with Crippen molar-refractivity contribution in [3.63, 3.8) is 0 Å². The molecule has 2 aliphatic carbocycles. The normalized spacial score (nSPS) is 21.1. The number of nitrogens with one attached hydrogen (secondary N) is 1. The summed E-state index contributed by atoms with van der Waals surface area (Å²) in [6.45, 7) is 3.46. The standard InChI is InChI=1S/C22H30N4O2/c27-20(24-13-9-18-6-2-1-3-7-18)22(10-11-22)21(28)26-16-14-25(15-17-26)19-8-4-5-12-23-19/h4-6,8,12H,1-3,7,9-11,13-17H2,(H,24,27). The summed E-state index contributed by atoms with van der Waals surface area (Å²) in [6, 6.07) is 5.88. The van der Waals surface area contributed by atoms with Gasteiger partial charge in [0.15, 0.2) is 0 Å². The van der Waals surface area contributed by atoms with Crippen LogP contribution in [0.1, 0.15) is 44.9 Å². The number of anilines is 1. The van der Waals surface area contributed by atoms with Gasteiger partial charge < -0.3 is 15.1 Å². The Balaban J connectivity index is 1.27. The molecule has 1 aromatic heterocycles. The van der Waals surface area contributed by atoms with Gasteiger partial charge in [-0.05, 0) is 57.1 Å². The van der Waals surface area contributed by atoms with Crippen molar-refractivity contribution in [3.05, 3.63) is 36.0 Å². The summed E-state index contributed by atoms with van der Waals surface area (Å²) in [7, 11) is 0. The van der Waals surface area contributed by atoms with Crippen molar-refractivity contribution in [1.82, 2.24) is 15.2 Å². The molecule has 6 heteroatoms. The molecular formula is C22H30N4O2. The van der Waals surface area contributed by atoms with Crippen LogP contribution in [0.4, 0.5) is 5.82 Å². The minimum Gasteiger partial charge on any atom is -0.355 e. The Morgan fingerprint density at radius 1 is 1.11 bits per heavy atom. The average molecular weight is 383 g/mol. The highest BCUT2D eigenvalue weighted by Gasteiger charge is 2.58. The van der Waals surface area contributed by atoms with E-state index in [0.29, 0.717) is 32.5 Å². The summed E-state index contributed by atoms with van der Waals surface area (Å²) in [5, 5.41) is 3.04. The van der Waals surface area contributed by atoms with E-state index in [1.165, 1.54) is 18.4 Å². The summed E-state index contributed by atoms with van der Waals surface area (Å²) in [6.07, 6.45) is 11.2. The SMILES string of the molecule is O=C(NCCC1=CCCCC1)C1(C(=O)N2CCN(c3ccccn3)CC2)CC1. The number of hydrogen-bond acceptors (Lipinski definition) is 4. The maximum atomic E-state index is 13.1. The highest BCUT2D eigenvalue weighted by Crippen LogP contribution is 2.47. The zero-order valence-electron chi connectivity index (χ0n) is 16.5. The van der Waals surface area contributed by atoms with E-state index in [-0.39, 0.29) is 11.8 Å². The molecule has 6 nitrogen and oxygen atoms in total. The quantitative estimate of drug-likeness (QED) is 0.606. The molecule has 150 valence electrons. The van der Waals surface area contributed by atoms with Crippen LogP contribution in [-0.2, 0) is 9.59 Å². The number of amides is 2. The van der Waals surface area contributed by atoms with Crippen LogP contribution in [0, 0.1) is 5.41 Å². The molecule has 2 amide bonds. The predicted molar refractivity (Wildman–Crippen MR) is 109 cm³/mol. The van der Waals surface area contributed by atoms with Crippen LogP contribution in [0.2, 0.25) is 0 Å². The van der Waals surface area contributed by atoms with Gasteiger partial charge in [-0.25, -0.2) is 4.98 Å². The Kier molecular flexibility index (Phi) is 5.64. The van der Waals surface area contributed by atoms with Gasteiger partial charge in [-0.2, -0.15) is 0 Å². The lowest BCUT2D eigenvalue weighted by Gasteiger charge is -2.36. The molecular weight excluding hydrogens is 352 g/mol. The van der Waals surface area contributed by atoms with Crippen LogP contribution < -0.4 is 10.2 Å². The van der Waals surface area contributed by atoms with E-state index in [1.807, 2.05) is 23.1 Å². The van der Waals surface area contributed by atoms with Crippen LogP contribution in [0.5, 0.6) is 0 Å². The largest absolute Gasteiger partial charge is 0.355 e. The highest BCUT2D eigenvalue weighted by molar-refractivity contribution is 6.07. The molecule has 0 spiro atoms. The predicted octanol–water partition coefficient (Wildman–Crippen LogP) is 2.52. The molecule has 0 bridgehead atoms. The third-order valence-corrected chi connectivity index (χ3v) is 6.25. The molecule has 1 aromatic rings. The Morgan fingerprint density at radius 2 is 1.93 bits per heavy atom. The number of aromatic nitrogens is 1. The van der Waals surface area contributed by atoms with E-state index in [0.717, 1.165) is 38.2 Å². The monoisotopic (exact) mass is 382 g/mol. The highest BCUT2D eigenvalue weighted by atomic mass is 16.2. The Hall–Kier alpha value is -2.37. The van der Waals surface area contributed by atoms with E-state index < -0.39 is 5.41 Å². The molecule has 3 aliphatic rings. The summed E-state index contributed by atoms with van der Waals surface area (Å²) in [4.78, 5) is 34.2. The number of carbonyl (C=O) groups is 2. The maximum Gasteiger partial charge on any atom is 0.238 e. The minimum absolute atomic E-state index is 0.0163. The van der Waals surface area contributed by atoms with E-state index >= 15 is 0 Å². The molecule has 1 aliphatic heterocycles. The molecule has 0 atom stereocenters. The van der Waals surface area contributed by atoms with Gasteiger partial charge in [0.2, 0.25) is 11.8 Å². The first kappa shape index (κ1) is 19.0. The Morgan fingerprint density at radius 3 is 2.57 bits per heavy atom. The second-order valence-electron chi connectivity index (χ2n) is 8.16. The lowest BCUT2D eigenvalue weighted by molar-refractivity contribution is -0.144. The van der Waals surface area contributed by atoms with Gasteiger partial charge in [-0.3, -0.25) is 9.59 Å². The van der Waals surface area contributed by atoms with Crippen molar-refractivity contribution < 1.29 is 9.59 Å². The molecule has 1 N–H and O–H groups in total. The van der Waals surface area contributed by atoms with Crippen LogP contribution in [0.15, 0.2) is 36.0 Å². The van der Waals surface area contributed by atoms with Gasteiger partial charge in [0.25, 0.3) is 0 Å². The zero-order valence-corrected chi connectivity index (χ0v) is 16.5. The third-order valence-electron chi connectivity index (χ3n) is 6.25. The van der Waals surface area contributed by atoms with Gasteiger partial charge in [-0.1, -0.05) is 17.7 Å². The summed E-state index contributed by atoms with van der Waals surface area (Å²) in [5.74, 6) is 0.897. The van der Waals surface area contributed by atoms with Crippen LogP contribution in [0.3, 0.4) is 0 Å². The molecule has 1 saturated heterocycles. The smallest absolute Gasteiger partial charge is 0.238 e. The second-order valence-corrected chi connectivity index (χ2v) is 8.16. The molecule has 2 fully saturated rings. The third kappa shape index (κ3) is 4.05. The summed E-state index contributed by atoms with van der Waals surface area (Å²) >= 11 is 0. The number of pyridine rings is 1. The van der Waals surface area contributed by atoms with Gasteiger partial charge >= 0.3 is 0 Å². The first-order chi connectivity index (χ1) is 13.7. The van der Waals surface area contributed by atoms with Crippen molar-refractivity contribution in [2.75, 3.05) is 37.6 Å². The fourth-order valence-corrected chi connectivity index (χ4v) is 4.28. The number of rotatable bonds is 6. The average Bonchev–Trinajstić information content (AvgIpc) is 3.57. The lowest BCUT2D eigenvalue weighted by atomic mass is 9.97. The maximum absolute atomic E-state index is 13.1. The molecule has 4 rings (SSSR count). The molecule has 1 saturated carbocycles. The van der Waals surface area contributed by atoms with Crippen LogP contribution in [-0.4, -0.2) is 54.4 Å². The molecule has 28 heavy (non-hydrogen) atoms. The second kappa shape index (κ2) is 8.33. The first-order valence-electron chi connectivity index (χ1n) is 10.6. The van der Waals surface area contributed by atoms with E-state index in [9.17, 15) is 9.59 Å². The topological polar surface area (TPSA) is 65.5 Å². The van der Waals surface area contributed by atoms with Gasteiger partial charge in [0, 0.05) is 38.9 Å². The van der Waals surface area contributed by atoms with Crippen LogP contribution >= 0.6 is 0 Å². The number of hydrogen-bond donors (Lipinski definition) is 1. The van der Waals surface area contributed by atoms with Gasteiger partial charge in [-0.15, -0.1) is 0 Å². The van der Waals surface area contributed by atoms with Crippen molar-refractivity contribution in [2.24, 2.45) is 5.41 Å². The summed E-state index contributed by atoms with van der Waals surface area (Å²) < 4.78 is 0. The fourth-order valence-electron chi connectivity index (χ4n) is 4.28. The van der Waals surface area contributed by atoms with E-state index in [2.05, 4.69) is 21.3 Å². The van der Waals surface area contributed by atoms with Gasteiger partial charge in [0.1, 0.15) is 11.2 Å². The van der Waals surface area contributed by atoms with Crippen molar-refractivity contribution >= 4 is 17.6 Å². The van der Waals surface area contributed by atoms with Crippen molar-refractivity contribution in [2.45, 2.75) is 44.9 Å². The van der Waals surface area contributed by atoms with E-state index in [1.54, 1.807) is 6.20 Å². The summed E-state index contributed by atoms with van der Waals surface area (Å²) in [5.41, 5.74) is 0.655.